The second-order valence-electron chi connectivity index (χ2n) is 6.62. The van der Waals surface area contributed by atoms with Gasteiger partial charge in [-0.25, -0.2) is 4.79 Å². The summed E-state index contributed by atoms with van der Waals surface area (Å²) >= 11 is 0. The van der Waals surface area contributed by atoms with Gasteiger partial charge in [-0.15, -0.1) is 0 Å². The van der Waals surface area contributed by atoms with Crippen LogP contribution >= 0.6 is 0 Å². The van der Waals surface area contributed by atoms with Gasteiger partial charge in [-0.1, -0.05) is 48.5 Å². The Bertz CT molecular complexity index is 935. The molecule has 4 rings (SSSR count). The minimum Gasteiger partial charge on any atom is -0.478 e. The van der Waals surface area contributed by atoms with E-state index in [1.165, 1.54) is 11.1 Å². The van der Waals surface area contributed by atoms with Crippen molar-refractivity contribution in [3.8, 4) is 11.1 Å². The predicted octanol–water partition coefficient (Wildman–Crippen LogP) is 4.01. The van der Waals surface area contributed by atoms with Crippen LogP contribution in [0.4, 0.5) is 0 Å². The molecule has 0 unspecified atom stereocenters. The van der Waals surface area contributed by atoms with Crippen LogP contribution in [0.15, 0.2) is 66.9 Å². The standard InChI is InChI=1S/C22H20N2O2/c25-22(26)21-8-4-3-7-20(21)17-9-10-19(23-13-17)15-24-12-11-16-5-1-2-6-18(16)14-24/h1-10,13H,11-12,14-15H2,(H,25,26). The molecule has 0 saturated heterocycles. The Morgan fingerprint density at radius 3 is 2.54 bits per heavy atom. The summed E-state index contributed by atoms with van der Waals surface area (Å²) in [5.41, 5.74) is 5.67. The van der Waals surface area contributed by atoms with Crippen LogP contribution in [0.1, 0.15) is 27.2 Å². The van der Waals surface area contributed by atoms with Gasteiger partial charge < -0.3 is 5.11 Å². The van der Waals surface area contributed by atoms with Crippen molar-refractivity contribution >= 4 is 5.97 Å². The summed E-state index contributed by atoms with van der Waals surface area (Å²) in [5.74, 6) is -0.920. The second-order valence-corrected chi connectivity index (χ2v) is 6.62. The summed E-state index contributed by atoms with van der Waals surface area (Å²) in [6.07, 6.45) is 2.84. The van der Waals surface area contributed by atoms with Crippen molar-refractivity contribution in [1.29, 1.82) is 0 Å². The first-order valence-electron chi connectivity index (χ1n) is 8.77. The van der Waals surface area contributed by atoms with E-state index in [4.69, 9.17) is 0 Å². The summed E-state index contributed by atoms with van der Waals surface area (Å²) in [6, 6.07) is 19.6. The van der Waals surface area contributed by atoms with Crippen molar-refractivity contribution in [3.63, 3.8) is 0 Å². The maximum atomic E-state index is 11.4. The van der Waals surface area contributed by atoms with Crippen LogP contribution in [0.2, 0.25) is 0 Å². The normalized spacial score (nSPS) is 14.0. The molecule has 1 aliphatic heterocycles. The molecule has 0 saturated carbocycles. The van der Waals surface area contributed by atoms with Gasteiger partial charge in [0.25, 0.3) is 0 Å². The third-order valence-electron chi connectivity index (χ3n) is 4.89. The van der Waals surface area contributed by atoms with Gasteiger partial charge in [-0.05, 0) is 35.2 Å². The van der Waals surface area contributed by atoms with Gasteiger partial charge >= 0.3 is 5.97 Å². The number of pyridine rings is 1. The first-order valence-corrected chi connectivity index (χ1v) is 8.77. The number of aromatic carboxylic acids is 1. The summed E-state index contributed by atoms with van der Waals surface area (Å²) in [4.78, 5) is 18.4. The third-order valence-corrected chi connectivity index (χ3v) is 4.89. The molecular weight excluding hydrogens is 324 g/mol. The fraction of sp³-hybridized carbons (Fsp3) is 0.182. The minimum absolute atomic E-state index is 0.301. The number of hydrogen-bond acceptors (Lipinski definition) is 3. The molecule has 3 aromatic rings. The minimum atomic E-state index is -0.920. The monoisotopic (exact) mass is 344 g/mol. The van der Waals surface area contributed by atoms with Gasteiger partial charge in [0.05, 0.1) is 11.3 Å². The lowest BCUT2D eigenvalue weighted by Crippen LogP contribution is -2.30. The first kappa shape index (κ1) is 16.5. The number of carboxylic acids is 1. The van der Waals surface area contributed by atoms with E-state index in [0.29, 0.717) is 11.1 Å². The van der Waals surface area contributed by atoms with Gasteiger partial charge in [0, 0.05) is 31.4 Å². The molecule has 1 aromatic heterocycles. The van der Waals surface area contributed by atoms with Crippen molar-refractivity contribution < 1.29 is 9.90 Å². The van der Waals surface area contributed by atoms with E-state index in [-0.39, 0.29) is 0 Å². The quantitative estimate of drug-likeness (QED) is 0.777. The highest BCUT2D eigenvalue weighted by Crippen LogP contribution is 2.24. The number of carbonyl (C=O) groups is 1. The lowest BCUT2D eigenvalue weighted by atomic mass is 9.99. The molecule has 0 aliphatic carbocycles. The molecule has 0 atom stereocenters. The van der Waals surface area contributed by atoms with Gasteiger partial charge in [0.1, 0.15) is 0 Å². The number of benzene rings is 2. The molecule has 4 nitrogen and oxygen atoms in total. The predicted molar refractivity (Wildman–Crippen MR) is 101 cm³/mol. The molecule has 1 aliphatic rings. The number of nitrogens with zero attached hydrogens (tertiary/aromatic N) is 2. The van der Waals surface area contributed by atoms with E-state index in [9.17, 15) is 9.90 Å². The zero-order valence-corrected chi connectivity index (χ0v) is 14.4. The smallest absolute Gasteiger partial charge is 0.336 e. The average Bonchev–Trinajstić information content (AvgIpc) is 2.68. The summed E-state index contributed by atoms with van der Waals surface area (Å²) in [6.45, 7) is 2.78. The molecular formula is C22H20N2O2. The Morgan fingerprint density at radius 1 is 1.00 bits per heavy atom. The van der Waals surface area contributed by atoms with Crippen LogP contribution in [0, 0.1) is 0 Å². The molecule has 2 aromatic carbocycles. The van der Waals surface area contributed by atoms with Crippen molar-refractivity contribution in [2.45, 2.75) is 19.5 Å². The number of hydrogen-bond donors (Lipinski definition) is 1. The zero-order chi connectivity index (χ0) is 17.9. The highest BCUT2D eigenvalue weighted by atomic mass is 16.4. The van der Waals surface area contributed by atoms with Crippen LogP contribution in [0.25, 0.3) is 11.1 Å². The summed E-state index contributed by atoms with van der Waals surface area (Å²) in [7, 11) is 0. The SMILES string of the molecule is O=C(O)c1ccccc1-c1ccc(CN2CCc3ccccc3C2)nc1. The van der Waals surface area contributed by atoms with Crippen LogP contribution in [0.5, 0.6) is 0 Å². The number of aromatic nitrogens is 1. The van der Waals surface area contributed by atoms with Crippen molar-refractivity contribution in [1.82, 2.24) is 9.88 Å². The molecule has 1 N–H and O–H groups in total. The Labute approximate surface area is 152 Å². The van der Waals surface area contributed by atoms with E-state index < -0.39 is 5.97 Å². The Balaban J connectivity index is 1.50. The van der Waals surface area contributed by atoms with E-state index in [1.54, 1.807) is 18.3 Å². The molecule has 0 fully saturated rings. The average molecular weight is 344 g/mol. The van der Waals surface area contributed by atoms with Crippen LogP contribution in [0.3, 0.4) is 0 Å². The topological polar surface area (TPSA) is 53.4 Å². The molecule has 26 heavy (non-hydrogen) atoms. The maximum Gasteiger partial charge on any atom is 0.336 e. The summed E-state index contributed by atoms with van der Waals surface area (Å²) in [5, 5.41) is 9.35. The van der Waals surface area contributed by atoms with Crippen molar-refractivity contribution in [2.75, 3.05) is 6.54 Å². The molecule has 0 radical (unpaired) electrons. The number of carboxylic acid groups (broad SMARTS) is 1. The highest BCUT2D eigenvalue weighted by molar-refractivity contribution is 5.95. The Kier molecular flexibility index (Phi) is 4.50. The highest BCUT2D eigenvalue weighted by Gasteiger charge is 2.16. The van der Waals surface area contributed by atoms with Gasteiger partial charge in [0.2, 0.25) is 0 Å². The van der Waals surface area contributed by atoms with Crippen LogP contribution in [-0.4, -0.2) is 27.5 Å². The first-order chi connectivity index (χ1) is 12.7. The van der Waals surface area contributed by atoms with Crippen molar-refractivity contribution in [3.05, 3.63) is 89.2 Å². The molecule has 2 heterocycles. The second kappa shape index (κ2) is 7.10. The van der Waals surface area contributed by atoms with Crippen LogP contribution in [-0.2, 0) is 19.5 Å². The number of rotatable bonds is 4. The van der Waals surface area contributed by atoms with E-state index in [1.807, 2.05) is 24.3 Å². The third kappa shape index (κ3) is 3.37. The fourth-order valence-electron chi connectivity index (χ4n) is 3.52. The number of fused-ring (bicyclic) bond motifs is 1. The van der Waals surface area contributed by atoms with Gasteiger partial charge in [0.15, 0.2) is 0 Å². The zero-order valence-electron chi connectivity index (χ0n) is 14.4. The fourth-order valence-corrected chi connectivity index (χ4v) is 3.52. The molecule has 0 amide bonds. The largest absolute Gasteiger partial charge is 0.478 e. The molecule has 0 spiro atoms. The Morgan fingerprint density at radius 2 is 1.77 bits per heavy atom. The Hall–Kier alpha value is -2.98. The lowest BCUT2D eigenvalue weighted by molar-refractivity contribution is 0.0697. The van der Waals surface area contributed by atoms with E-state index in [2.05, 4.69) is 34.1 Å². The molecule has 130 valence electrons. The maximum absolute atomic E-state index is 11.4. The molecule has 4 heteroatoms. The van der Waals surface area contributed by atoms with Gasteiger partial charge in [-0.2, -0.15) is 0 Å². The summed E-state index contributed by atoms with van der Waals surface area (Å²) < 4.78 is 0. The van der Waals surface area contributed by atoms with E-state index in [0.717, 1.165) is 37.3 Å². The molecule has 0 bridgehead atoms. The van der Waals surface area contributed by atoms with Crippen molar-refractivity contribution in [2.24, 2.45) is 0 Å². The van der Waals surface area contributed by atoms with E-state index >= 15 is 0 Å². The van der Waals surface area contributed by atoms with Crippen LogP contribution < -0.4 is 0 Å². The van der Waals surface area contributed by atoms with Gasteiger partial charge in [-0.3, -0.25) is 9.88 Å². The lowest BCUT2D eigenvalue weighted by Gasteiger charge is -2.28.